The predicted molar refractivity (Wildman–Crippen MR) is 110 cm³/mol. The molecule has 0 saturated carbocycles. The number of aryl methyl sites for hydroxylation is 2. The van der Waals surface area contributed by atoms with Crippen molar-refractivity contribution in [1.82, 2.24) is 30.0 Å². The number of rotatable bonds is 6. The van der Waals surface area contributed by atoms with Crippen LogP contribution in [0.15, 0.2) is 10.7 Å². The van der Waals surface area contributed by atoms with Crippen molar-refractivity contribution in [2.24, 2.45) is 5.92 Å². The fraction of sp³-hybridized carbons (Fsp3) is 0.667. The first kappa shape index (κ1) is 21.5. The van der Waals surface area contributed by atoms with E-state index in [0.29, 0.717) is 63.8 Å². The van der Waals surface area contributed by atoms with Gasteiger partial charge in [0.15, 0.2) is 5.69 Å². The van der Waals surface area contributed by atoms with Crippen LogP contribution in [-0.2, 0) is 22.5 Å². The summed E-state index contributed by atoms with van der Waals surface area (Å²) in [6.07, 6.45) is 4.82. The molecule has 0 bridgehead atoms. The highest BCUT2D eigenvalue weighted by Gasteiger charge is 2.26. The topological polar surface area (TPSA) is 107 Å². The summed E-state index contributed by atoms with van der Waals surface area (Å²) in [4.78, 5) is 29.0. The van der Waals surface area contributed by atoms with Crippen LogP contribution >= 0.6 is 0 Å². The number of nitrogens with zero attached hydrogens (tertiary/aromatic N) is 6. The van der Waals surface area contributed by atoms with Crippen LogP contribution in [0, 0.1) is 19.8 Å². The Morgan fingerprint density at radius 1 is 1.16 bits per heavy atom. The van der Waals surface area contributed by atoms with Gasteiger partial charge in [-0.25, -0.2) is 0 Å². The summed E-state index contributed by atoms with van der Waals surface area (Å²) in [7, 11) is 0. The highest BCUT2D eigenvalue weighted by Crippen LogP contribution is 2.21. The predicted octanol–water partition coefficient (Wildman–Crippen LogP) is 1.23. The second-order valence-corrected chi connectivity index (χ2v) is 8.38. The molecule has 4 rings (SSSR count). The van der Waals surface area contributed by atoms with Gasteiger partial charge in [0, 0.05) is 44.7 Å². The summed E-state index contributed by atoms with van der Waals surface area (Å²) >= 11 is 0. The minimum absolute atomic E-state index is 0.102. The third-order valence-electron chi connectivity index (χ3n) is 6.14. The van der Waals surface area contributed by atoms with Gasteiger partial charge in [-0.05, 0) is 39.0 Å². The maximum absolute atomic E-state index is 12.8. The van der Waals surface area contributed by atoms with Crippen LogP contribution in [0.3, 0.4) is 0 Å². The number of carbonyl (C=O) groups is 2. The van der Waals surface area contributed by atoms with Crippen molar-refractivity contribution in [2.75, 3.05) is 39.4 Å². The Bertz CT molecular complexity index is 897. The van der Waals surface area contributed by atoms with E-state index in [4.69, 9.17) is 9.26 Å². The number of hydrogen-bond donors (Lipinski definition) is 0. The Labute approximate surface area is 181 Å². The van der Waals surface area contributed by atoms with E-state index in [2.05, 4.69) is 15.5 Å². The number of morpholine rings is 1. The molecular formula is C21H30N6O4. The Kier molecular flexibility index (Phi) is 6.64. The molecule has 2 aromatic heterocycles. The fourth-order valence-corrected chi connectivity index (χ4v) is 4.37. The summed E-state index contributed by atoms with van der Waals surface area (Å²) in [5.74, 6) is 1.14. The van der Waals surface area contributed by atoms with Gasteiger partial charge in [-0.1, -0.05) is 10.4 Å². The van der Waals surface area contributed by atoms with Gasteiger partial charge in [0.25, 0.3) is 5.91 Å². The lowest BCUT2D eigenvalue weighted by molar-refractivity contribution is -0.133. The molecule has 31 heavy (non-hydrogen) atoms. The van der Waals surface area contributed by atoms with Crippen molar-refractivity contribution < 1.29 is 18.8 Å². The molecule has 2 aliphatic rings. The normalized spacial score (nSPS) is 19.6. The summed E-state index contributed by atoms with van der Waals surface area (Å²) in [6, 6.07) is 0. The van der Waals surface area contributed by atoms with Gasteiger partial charge in [-0.15, -0.1) is 5.10 Å². The van der Waals surface area contributed by atoms with E-state index in [9.17, 15) is 9.59 Å². The van der Waals surface area contributed by atoms with Crippen LogP contribution in [0.4, 0.5) is 0 Å². The molecule has 10 nitrogen and oxygen atoms in total. The van der Waals surface area contributed by atoms with E-state index >= 15 is 0 Å². The lowest BCUT2D eigenvalue weighted by Gasteiger charge is -2.32. The molecule has 168 valence electrons. The van der Waals surface area contributed by atoms with E-state index in [1.54, 1.807) is 15.8 Å². The monoisotopic (exact) mass is 430 g/mol. The second kappa shape index (κ2) is 9.59. The standard InChI is InChI=1S/C21H30N6O4/c1-15-18(16(2)31-23-15)5-6-20(28)26-7-3-4-17(12-26)13-27-14-19(22-24-27)21(29)25-8-10-30-11-9-25/h14,17H,3-13H2,1-2H3/t17-/m0/s1. The van der Waals surface area contributed by atoms with Crippen LogP contribution in [0.2, 0.25) is 0 Å². The molecule has 10 heteroatoms. The van der Waals surface area contributed by atoms with E-state index in [-0.39, 0.29) is 11.8 Å². The minimum atomic E-state index is -0.102. The van der Waals surface area contributed by atoms with Gasteiger partial charge in [0.1, 0.15) is 5.76 Å². The molecule has 0 aromatic carbocycles. The maximum atomic E-state index is 12.8. The Balaban J connectivity index is 1.29. The highest BCUT2D eigenvalue weighted by molar-refractivity contribution is 5.92. The number of ether oxygens (including phenoxy) is 1. The van der Waals surface area contributed by atoms with E-state index in [1.807, 2.05) is 18.7 Å². The molecule has 0 spiro atoms. The molecule has 0 N–H and O–H groups in total. The molecule has 0 unspecified atom stereocenters. The Morgan fingerprint density at radius 2 is 1.97 bits per heavy atom. The first-order valence-corrected chi connectivity index (χ1v) is 11.0. The van der Waals surface area contributed by atoms with E-state index < -0.39 is 0 Å². The summed E-state index contributed by atoms with van der Waals surface area (Å²) < 4.78 is 12.2. The van der Waals surface area contributed by atoms with Crippen molar-refractivity contribution in [3.05, 3.63) is 28.9 Å². The first-order chi connectivity index (χ1) is 15.0. The molecule has 2 aromatic rings. The van der Waals surface area contributed by atoms with Crippen LogP contribution < -0.4 is 0 Å². The zero-order valence-electron chi connectivity index (χ0n) is 18.2. The first-order valence-electron chi connectivity index (χ1n) is 11.0. The molecule has 2 aliphatic heterocycles. The van der Waals surface area contributed by atoms with Crippen molar-refractivity contribution in [3.8, 4) is 0 Å². The number of amides is 2. The number of carbonyl (C=O) groups excluding carboxylic acids is 2. The third kappa shape index (κ3) is 5.12. The Morgan fingerprint density at radius 3 is 2.71 bits per heavy atom. The molecule has 0 aliphatic carbocycles. The van der Waals surface area contributed by atoms with Crippen LogP contribution in [-0.4, -0.2) is 81.2 Å². The third-order valence-corrected chi connectivity index (χ3v) is 6.14. The highest BCUT2D eigenvalue weighted by atomic mass is 16.5. The largest absolute Gasteiger partial charge is 0.378 e. The summed E-state index contributed by atoms with van der Waals surface area (Å²) in [5, 5.41) is 12.2. The van der Waals surface area contributed by atoms with Crippen molar-refractivity contribution >= 4 is 11.8 Å². The molecule has 2 amide bonds. The quantitative estimate of drug-likeness (QED) is 0.678. The lowest BCUT2D eigenvalue weighted by atomic mass is 9.97. The van der Waals surface area contributed by atoms with Gasteiger partial charge in [0.05, 0.1) is 25.1 Å². The zero-order chi connectivity index (χ0) is 21.8. The molecule has 4 heterocycles. The summed E-state index contributed by atoms with van der Waals surface area (Å²) in [5.41, 5.74) is 2.25. The van der Waals surface area contributed by atoms with Crippen LogP contribution in [0.1, 0.15) is 46.8 Å². The number of aromatic nitrogens is 4. The van der Waals surface area contributed by atoms with Crippen molar-refractivity contribution in [3.63, 3.8) is 0 Å². The van der Waals surface area contributed by atoms with E-state index in [1.165, 1.54) is 0 Å². The van der Waals surface area contributed by atoms with Gasteiger partial charge in [-0.2, -0.15) is 0 Å². The molecule has 0 radical (unpaired) electrons. The van der Waals surface area contributed by atoms with Gasteiger partial charge < -0.3 is 19.1 Å². The van der Waals surface area contributed by atoms with Crippen LogP contribution in [0.5, 0.6) is 0 Å². The lowest BCUT2D eigenvalue weighted by Crippen LogP contribution is -2.41. The van der Waals surface area contributed by atoms with E-state index in [0.717, 1.165) is 36.4 Å². The molecule has 2 fully saturated rings. The number of hydrogen-bond acceptors (Lipinski definition) is 7. The zero-order valence-corrected chi connectivity index (χ0v) is 18.2. The van der Waals surface area contributed by atoms with Gasteiger partial charge in [0.2, 0.25) is 5.91 Å². The maximum Gasteiger partial charge on any atom is 0.276 e. The number of likely N-dealkylation sites (tertiary alicyclic amines) is 1. The number of piperidine rings is 1. The Hall–Kier alpha value is -2.75. The van der Waals surface area contributed by atoms with Gasteiger partial charge in [-0.3, -0.25) is 14.3 Å². The fourth-order valence-electron chi connectivity index (χ4n) is 4.37. The minimum Gasteiger partial charge on any atom is -0.378 e. The SMILES string of the molecule is Cc1noc(C)c1CCC(=O)N1CCC[C@H](Cn2cc(C(=O)N3CCOCC3)nn2)C1. The van der Waals surface area contributed by atoms with Crippen LogP contribution in [0.25, 0.3) is 0 Å². The second-order valence-electron chi connectivity index (χ2n) is 8.38. The molecular weight excluding hydrogens is 400 g/mol. The average Bonchev–Trinajstić information content (AvgIpc) is 3.38. The average molecular weight is 431 g/mol. The molecule has 1 atom stereocenters. The summed E-state index contributed by atoms with van der Waals surface area (Å²) in [6.45, 7) is 8.21. The van der Waals surface area contributed by atoms with Gasteiger partial charge >= 0.3 is 0 Å². The van der Waals surface area contributed by atoms with Crippen molar-refractivity contribution in [2.45, 2.75) is 46.1 Å². The smallest absolute Gasteiger partial charge is 0.276 e. The molecule has 2 saturated heterocycles. The van der Waals surface area contributed by atoms with Crippen molar-refractivity contribution in [1.29, 1.82) is 0 Å².